The lowest BCUT2D eigenvalue weighted by Crippen LogP contribution is -2.18. The molecular weight excluding hydrogens is 396 g/mol. The molecule has 0 saturated carbocycles. The number of aryl methyl sites for hydroxylation is 2. The molecule has 0 spiro atoms. The lowest BCUT2D eigenvalue weighted by Gasteiger charge is -2.11. The van der Waals surface area contributed by atoms with Crippen molar-refractivity contribution in [1.82, 2.24) is 9.97 Å². The highest BCUT2D eigenvalue weighted by Gasteiger charge is 2.21. The first-order chi connectivity index (χ1) is 13.8. The molecule has 0 amide bonds. The van der Waals surface area contributed by atoms with Gasteiger partial charge in [0.05, 0.1) is 19.3 Å². The lowest BCUT2D eigenvalue weighted by atomic mass is 10.2. The van der Waals surface area contributed by atoms with E-state index in [1.54, 1.807) is 29.4 Å². The maximum atomic E-state index is 10.3. The van der Waals surface area contributed by atoms with Crippen molar-refractivity contribution in [3.8, 4) is 11.5 Å². The molecule has 3 aromatic rings. The number of aliphatic hydroxyl groups is 1. The van der Waals surface area contributed by atoms with Crippen LogP contribution in [0.4, 0.5) is 0 Å². The summed E-state index contributed by atoms with van der Waals surface area (Å²) in [5.74, 6) is 2.04. The van der Waals surface area contributed by atoms with Crippen LogP contribution < -0.4 is 9.47 Å². The summed E-state index contributed by atoms with van der Waals surface area (Å²) in [6.45, 7) is 0.963. The molecule has 1 aliphatic carbocycles. The Morgan fingerprint density at radius 3 is 3.11 bits per heavy atom. The number of nitrogens with zero attached hydrogens (tertiary/aromatic N) is 2. The third-order valence-corrected chi connectivity index (χ3v) is 7.23. The Bertz CT molecular complexity index is 1010. The number of benzene rings is 1. The fourth-order valence-electron chi connectivity index (χ4n) is 3.58. The second kappa shape index (κ2) is 7.87. The predicted octanol–water partition coefficient (Wildman–Crippen LogP) is 3.58. The Hall–Kier alpha value is -1.87. The van der Waals surface area contributed by atoms with Crippen LogP contribution in [-0.4, -0.2) is 40.3 Å². The number of thioether (sulfide) groups is 1. The molecule has 2 aromatic heterocycles. The number of hydrogen-bond donors (Lipinski definition) is 1. The van der Waals surface area contributed by atoms with E-state index in [-0.39, 0.29) is 13.4 Å². The zero-order chi connectivity index (χ0) is 18.9. The fraction of sp³-hybridized carbons (Fsp3) is 0.400. The van der Waals surface area contributed by atoms with E-state index in [1.807, 2.05) is 18.2 Å². The van der Waals surface area contributed by atoms with Gasteiger partial charge in [-0.25, -0.2) is 9.97 Å². The van der Waals surface area contributed by atoms with Crippen LogP contribution in [0.25, 0.3) is 10.2 Å². The van der Waals surface area contributed by atoms with Gasteiger partial charge in [-0.15, -0.1) is 23.1 Å². The van der Waals surface area contributed by atoms with E-state index >= 15 is 0 Å². The van der Waals surface area contributed by atoms with Gasteiger partial charge in [0.2, 0.25) is 6.79 Å². The zero-order valence-corrected chi connectivity index (χ0v) is 16.9. The minimum Gasteiger partial charge on any atom is -0.454 e. The summed E-state index contributed by atoms with van der Waals surface area (Å²) in [7, 11) is 0. The van der Waals surface area contributed by atoms with Gasteiger partial charge in [-0.2, -0.15) is 0 Å². The molecule has 1 atom stereocenters. The van der Waals surface area contributed by atoms with Crippen molar-refractivity contribution in [3.05, 3.63) is 40.5 Å². The first-order valence-corrected chi connectivity index (χ1v) is 11.1. The monoisotopic (exact) mass is 416 g/mol. The number of rotatable bonds is 7. The highest BCUT2D eigenvalue weighted by molar-refractivity contribution is 7.99. The third kappa shape index (κ3) is 3.57. The zero-order valence-electron chi connectivity index (χ0n) is 15.2. The molecule has 1 N–H and O–H groups in total. The van der Waals surface area contributed by atoms with Gasteiger partial charge in [-0.05, 0) is 42.5 Å². The molecule has 0 bridgehead atoms. The highest BCUT2D eigenvalue weighted by Crippen LogP contribution is 2.40. The number of thiophene rings is 1. The Morgan fingerprint density at radius 1 is 1.21 bits per heavy atom. The van der Waals surface area contributed by atoms with Crippen LogP contribution in [0.3, 0.4) is 0 Å². The number of aliphatic hydroxyl groups excluding tert-OH is 1. The Kier molecular flexibility index (Phi) is 5.11. The first kappa shape index (κ1) is 18.2. The molecule has 0 saturated heterocycles. The van der Waals surface area contributed by atoms with E-state index in [9.17, 15) is 5.11 Å². The molecule has 1 aromatic carbocycles. The van der Waals surface area contributed by atoms with Gasteiger partial charge < -0.3 is 19.3 Å². The summed E-state index contributed by atoms with van der Waals surface area (Å²) in [5.41, 5.74) is 2.41. The molecule has 6 nitrogen and oxygen atoms in total. The van der Waals surface area contributed by atoms with E-state index < -0.39 is 6.10 Å². The van der Waals surface area contributed by atoms with E-state index in [0.29, 0.717) is 12.4 Å². The molecule has 5 rings (SSSR count). The van der Waals surface area contributed by atoms with Crippen LogP contribution >= 0.6 is 23.1 Å². The van der Waals surface area contributed by atoms with Gasteiger partial charge in [0.25, 0.3) is 0 Å². The molecule has 8 heteroatoms. The number of ether oxygens (including phenoxy) is 3. The van der Waals surface area contributed by atoms with Crippen LogP contribution in [0.1, 0.15) is 22.4 Å². The van der Waals surface area contributed by atoms with Crippen LogP contribution in [0, 0.1) is 0 Å². The Morgan fingerprint density at radius 2 is 2.14 bits per heavy atom. The second-order valence-corrected chi connectivity index (χ2v) is 8.98. The second-order valence-electron chi connectivity index (χ2n) is 6.88. The van der Waals surface area contributed by atoms with Gasteiger partial charge in [0, 0.05) is 16.0 Å². The fourth-order valence-corrected chi connectivity index (χ4v) is 5.80. The molecule has 0 fully saturated rings. The standard InChI is InChI=1S/C20H20N2O4S2/c23-13(8-24-7-12-4-5-15-16(6-12)26-11-25-15)9-27-19-18-14-2-1-3-17(14)28-20(18)22-10-21-19/h4-6,10,13,23H,1-3,7-9,11H2/t13-/m1/s1. The van der Waals surface area contributed by atoms with Crippen molar-refractivity contribution in [2.75, 3.05) is 19.2 Å². The maximum absolute atomic E-state index is 10.3. The number of fused-ring (bicyclic) bond motifs is 4. The summed E-state index contributed by atoms with van der Waals surface area (Å²) < 4.78 is 16.4. The van der Waals surface area contributed by atoms with Crippen molar-refractivity contribution >= 4 is 33.3 Å². The minimum absolute atomic E-state index is 0.263. The minimum atomic E-state index is -0.560. The largest absolute Gasteiger partial charge is 0.454 e. The van der Waals surface area contributed by atoms with Crippen LogP contribution in [0.5, 0.6) is 11.5 Å². The number of aromatic nitrogens is 2. The van der Waals surface area contributed by atoms with E-state index in [1.165, 1.54) is 22.2 Å². The molecule has 0 radical (unpaired) electrons. The lowest BCUT2D eigenvalue weighted by molar-refractivity contribution is 0.0397. The van der Waals surface area contributed by atoms with Gasteiger partial charge in [-0.3, -0.25) is 0 Å². The summed E-state index contributed by atoms with van der Waals surface area (Å²) in [6.07, 6.45) is 4.54. The smallest absolute Gasteiger partial charge is 0.231 e. The maximum Gasteiger partial charge on any atom is 0.231 e. The molecule has 28 heavy (non-hydrogen) atoms. The van der Waals surface area contributed by atoms with Crippen LogP contribution in [-0.2, 0) is 24.2 Å². The van der Waals surface area contributed by atoms with E-state index in [0.717, 1.165) is 39.8 Å². The summed E-state index contributed by atoms with van der Waals surface area (Å²) >= 11 is 3.36. The van der Waals surface area contributed by atoms with Gasteiger partial charge in [-0.1, -0.05) is 6.07 Å². The van der Waals surface area contributed by atoms with E-state index in [2.05, 4.69) is 9.97 Å². The van der Waals surface area contributed by atoms with Crippen molar-refractivity contribution in [2.24, 2.45) is 0 Å². The average Bonchev–Trinajstić information content (AvgIpc) is 3.41. The molecule has 2 aliphatic rings. The molecule has 146 valence electrons. The van der Waals surface area contributed by atoms with Crippen LogP contribution in [0.2, 0.25) is 0 Å². The van der Waals surface area contributed by atoms with Crippen molar-refractivity contribution in [1.29, 1.82) is 0 Å². The summed E-state index contributed by atoms with van der Waals surface area (Å²) in [6, 6.07) is 5.74. The SMILES string of the molecule is O[C@H](COCc1ccc2c(c1)OCO2)CSc1ncnc2sc3c(c12)CCC3. The Labute approximate surface area is 170 Å². The van der Waals surface area contributed by atoms with E-state index in [4.69, 9.17) is 14.2 Å². The molecule has 0 unspecified atom stereocenters. The summed E-state index contributed by atoms with van der Waals surface area (Å²) in [4.78, 5) is 11.4. The van der Waals surface area contributed by atoms with Gasteiger partial charge in [0.15, 0.2) is 11.5 Å². The topological polar surface area (TPSA) is 73.7 Å². The quantitative estimate of drug-likeness (QED) is 0.466. The first-order valence-electron chi connectivity index (χ1n) is 9.30. The van der Waals surface area contributed by atoms with Crippen LogP contribution in [0.15, 0.2) is 29.6 Å². The highest BCUT2D eigenvalue weighted by atomic mass is 32.2. The van der Waals surface area contributed by atoms with Gasteiger partial charge >= 0.3 is 0 Å². The predicted molar refractivity (Wildman–Crippen MR) is 108 cm³/mol. The molecule has 1 aliphatic heterocycles. The molecular formula is C20H20N2O4S2. The third-order valence-electron chi connectivity index (χ3n) is 4.89. The van der Waals surface area contributed by atoms with Gasteiger partial charge in [0.1, 0.15) is 16.2 Å². The normalized spacial score (nSPS) is 15.9. The molecule has 3 heterocycles. The van der Waals surface area contributed by atoms with Crippen molar-refractivity contribution < 1.29 is 19.3 Å². The Balaban J connectivity index is 1.16. The number of hydrogen-bond acceptors (Lipinski definition) is 8. The van der Waals surface area contributed by atoms with Crippen molar-refractivity contribution in [2.45, 2.75) is 37.0 Å². The summed E-state index contributed by atoms with van der Waals surface area (Å²) in [5, 5.41) is 12.5. The average molecular weight is 417 g/mol. The van der Waals surface area contributed by atoms with Crippen molar-refractivity contribution in [3.63, 3.8) is 0 Å².